The summed E-state index contributed by atoms with van der Waals surface area (Å²) in [5.74, 6) is -0.226. The summed E-state index contributed by atoms with van der Waals surface area (Å²) in [5.41, 5.74) is 2.87. The zero-order valence-electron chi connectivity index (χ0n) is 9.83. The summed E-state index contributed by atoms with van der Waals surface area (Å²) in [7, 11) is 1.53. The highest BCUT2D eigenvalue weighted by Crippen LogP contribution is 2.10. The van der Waals surface area contributed by atoms with Crippen LogP contribution in [0.25, 0.3) is 6.08 Å². The average Bonchev–Trinajstić information content (AvgIpc) is 2.29. The van der Waals surface area contributed by atoms with Gasteiger partial charge in [-0.05, 0) is 36.6 Å². The van der Waals surface area contributed by atoms with Crippen LogP contribution < -0.4 is 0 Å². The van der Waals surface area contributed by atoms with Crippen molar-refractivity contribution in [3.05, 3.63) is 41.2 Å². The molecule has 0 saturated heterocycles. The highest BCUT2D eigenvalue weighted by Gasteiger charge is 2.00. The van der Waals surface area contributed by atoms with Crippen molar-refractivity contribution in [3.63, 3.8) is 0 Å². The van der Waals surface area contributed by atoms with Gasteiger partial charge in [-0.1, -0.05) is 30.3 Å². The Labute approximate surface area is 95.4 Å². The molecule has 1 aromatic rings. The van der Waals surface area contributed by atoms with E-state index in [9.17, 15) is 4.39 Å². The van der Waals surface area contributed by atoms with Crippen molar-refractivity contribution in [1.82, 2.24) is 0 Å². The smallest absolute Gasteiger partial charge is 0.123 e. The molecule has 0 unspecified atom stereocenters. The van der Waals surface area contributed by atoms with E-state index in [1.807, 2.05) is 19.9 Å². The fourth-order valence-electron chi connectivity index (χ4n) is 1.42. The van der Waals surface area contributed by atoms with Gasteiger partial charge in [-0.25, -0.2) is 4.39 Å². The maximum absolute atomic E-state index is 12.7. The normalized spacial score (nSPS) is 12.8. The van der Waals surface area contributed by atoms with E-state index < -0.39 is 0 Å². The Morgan fingerprint density at radius 3 is 2.50 bits per heavy atom. The molecule has 0 heterocycles. The molecule has 0 aliphatic rings. The number of nitrogens with zero attached hydrogens (tertiary/aromatic N) is 1. The molecule has 2 nitrogen and oxygen atoms in total. The number of rotatable bonds is 4. The van der Waals surface area contributed by atoms with E-state index in [0.29, 0.717) is 0 Å². The number of allylic oxidation sites excluding steroid dienone is 1. The number of oxime groups is 1. The number of halogens is 1. The van der Waals surface area contributed by atoms with Crippen LogP contribution in [-0.2, 0) is 4.84 Å². The molecule has 0 atom stereocenters. The van der Waals surface area contributed by atoms with Crippen molar-refractivity contribution in [2.75, 3.05) is 7.11 Å². The molecule has 16 heavy (non-hydrogen) atoms. The van der Waals surface area contributed by atoms with Crippen LogP contribution in [0.5, 0.6) is 0 Å². The van der Waals surface area contributed by atoms with Gasteiger partial charge in [0.2, 0.25) is 0 Å². The van der Waals surface area contributed by atoms with Crippen LogP contribution >= 0.6 is 0 Å². The van der Waals surface area contributed by atoms with Crippen molar-refractivity contribution < 1.29 is 9.23 Å². The first-order valence-corrected chi connectivity index (χ1v) is 5.21. The van der Waals surface area contributed by atoms with E-state index in [2.05, 4.69) is 5.16 Å². The fraction of sp³-hybridized carbons (Fsp3) is 0.308. The summed E-state index contributed by atoms with van der Waals surface area (Å²) in [6.07, 6.45) is 2.76. The summed E-state index contributed by atoms with van der Waals surface area (Å²) < 4.78 is 12.7. The molecule has 1 rings (SSSR count). The molecule has 0 radical (unpaired) electrons. The molecule has 3 heteroatoms. The third kappa shape index (κ3) is 3.50. The van der Waals surface area contributed by atoms with Crippen LogP contribution in [0.4, 0.5) is 4.39 Å². The molecule has 0 N–H and O–H groups in total. The highest BCUT2D eigenvalue weighted by atomic mass is 19.1. The lowest BCUT2D eigenvalue weighted by Crippen LogP contribution is -1.98. The first kappa shape index (κ1) is 12.4. The minimum atomic E-state index is -0.226. The molecule has 86 valence electrons. The van der Waals surface area contributed by atoms with Crippen LogP contribution in [0.2, 0.25) is 0 Å². The summed E-state index contributed by atoms with van der Waals surface area (Å²) in [5, 5.41) is 3.93. The largest absolute Gasteiger partial charge is 0.399 e. The van der Waals surface area contributed by atoms with Gasteiger partial charge in [0.05, 0.1) is 5.71 Å². The predicted octanol–water partition coefficient (Wildman–Crippen LogP) is 3.64. The third-order valence-electron chi connectivity index (χ3n) is 2.24. The number of hydrogen-bond donors (Lipinski definition) is 0. The predicted molar refractivity (Wildman–Crippen MR) is 64.8 cm³/mol. The Balaban J connectivity index is 2.91. The lowest BCUT2D eigenvalue weighted by Gasteiger charge is -2.03. The minimum Gasteiger partial charge on any atom is -0.399 e. The standard InChI is InChI=1S/C13H16FNO/c1-4-13(15-16-3)10(2)9-11-5-7-12(14)8-6-11/h5-9H,4H2,1-3H3/b10-9+,15-13+. The Kier molecular flexibility index (Phi) is 4.70. The van der Waals surface area contributed by atoms with Gasteiger partial charge in [0.1, 0.15) is 12.9 Å². The molecule has 0 bridgehead atoms. The monoisotopic (exact) mass is 221 g/mol. The zero-order chi connectivity index (χ0) is 12.0. The second kappa shape index (κ2) is 6.05. The van der Waals surface area contributed by atoms with Gasteiger partial charge in [-0.2, -0.15) is 0 Å². The third-order valence-corrected chi connectivity index (χ3v) is 2.24. The van der Waals surface area contributed by atoms with Crippen molar-refractivity contribution in [3.8, 4) is 0 Å². The maximum Gasteiger partial charge on any atom is 0.123 e. The molecule has 0 spiro atoms. The second-order valence-electron chi connectivity index (χ2n) is 3.45. The lowest BCUT2D eigenvalue weighted by molar-refractivity contribution is 0.213. The van der Waals surface area contributed by atoms with Gasteiger partial charge in [-0.3, -0.25) is 0 Å². The van der Waals surface area contributed by atoms with Crippen LogP contribution in [0.15, 0.2) is 35.0 Å². The minimum absolute atomic E-state index is 0.226. The molecular formula is C13H16FNO. The fourth-order valence-corrected chi connectivity index (χ4v) is 1.42. The van der Waals surface area contributed by atoms with Crippen LogP contribution in [0.3, 0.4) is 0 Å². The molecule has 0 amide bonds. The van der Waals surface area contributed by atoms with Gasteiger partial charge in [0.25, 0.3) is 0 Å². The van der Waals surface area contributed by atoms with E-state index in [1.54, 1.807) is 12.1 Å². The first-order chi connectivity index (χ1) is 7.67. The Hall–Kier alpha value is -1.64. The molecule has 0 fully saturated rings. The lowest BCUT2D eigenvalue weighted by atomic mass is 10.1. The van der Waals surface area contributed by atoms with Crippen molar-refractivity contribution in [1.29, 1.82) is 0 Å². The Morgan fingerprint density at radius 2 is 2.00 bits per heavy atom. The van der Waals surface area contributed by atoms with Gasteiger partial charge >= 0.3 is 0 Å². The molecule has 0 saturated carbocycles. The summed E-state index contributed by atoms with van der Waals surface area (Å²) >= 11 is 0. The summed E-state index contributed by atoms with van der Waals surface area (Å²) in [6, 6.07) is 6.36. The number of benzene rings is 1. The highest BCUT2D eigenvalue weighted by molar-refractivity contribution is 6.02. The topological polar surface area (TPSA) is 21.6 Å². The molecule has 0 aliphatic heterocycles. The van der Waals surface area contributed by atoms with Crippen molar-refractivity contribution in [2.45, 2.75) is 20.3 Å². The van der Waals surface area contributed by atoms with E-state index >= 15 is 0 Å². The Morgan fingerprint density at radius 1 is 1.38 bits per heavy atom. The van der Waals surface area contributed by atoms with Gasteiger partial charge in [0.15, 0.2) is 0 Å². The van der Waals surface area contributed by atoms with Gasteiger partial charge in [0, 0.05) is 0 Å². The van der Waals surface area contributed by atoms with Crippen molar-refractivity contribution in [2.24, 2.45) is 5.16 Å². The van der Waals surface area contributed by atoms with E-state index in [0.717, 1.165) is 23.3 Å². The van der Waals surface area contributed by atoms with Gasteiger partial charge < -0.3 is 4.84 Å². The van der Waals surface area contributed by atoms with Crippen LogP contribution in [0.1, 0.15) is 25.8 Å². The van der Waals surface area contributed by atoms with Crippen LogP contribution in [-0.4, -0.2) is 12.8 Å². The summed E-state index contributed by atoms with van der Waals surface area (Å²) in [4.78, 5) is 4.76. The van der Waals surface area contributed by atoms with Crippen molar-refractivity contribution >= 4 is 11.8 Å². The zero-order valence-corrected chi connectivity index (χ0v) is 9.83. The maximum atomic E-state index is 12.7. The van der Waals surface area contributed by atoms with E-state index in [1.165, 1.54) is 19.2 Å². The molecular weight excluding hydrogens is 205 g/mol. The molecule has 0 aliphatic carbocycles. The first-order valence-electron chi connectivity index (χ1n) is 5.21. The van der Waals surface area contributed by atoms with Gasteiger partial charge in [-0.15, -0.1) is 0 Å². The Bertz CT molecular complexity index is 393. The average molecular weight is 221 g/mol. The van der Waals surface area contributed by atoms with Crippen LogP contribution in [0, 0.1) is 5.82 Å². The van der Waals surface area contributed by atoms with E-state index in [-0.39, 0.29) is 5.82 Å². The quantitative estimate of drug-likeness (QED) is 0.562. The summed E-state index contributed by atoms with van der Waals surface area (Å²) in [6.45, 7) is 3.98. The second-order valence-corrected chi connectivity index (χ2v) is 3.45. The SMILES string of the molecule is CCC(=N\OC)/C(C)=C/c1ccc(F)cc1. The number of hydrogen-bond acceptors (Lipinski definition) is 2. The van der Waals surface area contributed by atoms with E-state index in [4.69, 9.17) is 4.84 Å². The molecule has 1 aromatic carbocycles. The molecule has 0 aromatic heterocycles.